The van der Waals surface area contributed by atoms with Crippen LogP contribution in [0.2, 0.25) is 0 Å². The molecule has 1 amide bonds. The summed E-state index contributed by atoms with van der Waals surface area (Å²) in [7, 11) is -2.07. The molecule has 6 nitrogen and oxygen atoms in total. The molecule has 0 aliphatic carbocycles. The Labute approximate surface area is 129 Å². The third-order valence-corrected chi connectivity index (χ3v) is 5.90. The van der Waals surface area contributed by atoms with Gasteiger partial charge >= 0.3 is 0 Å². The lowest BCUT2D eigenvalue weighted by Gasteiger charge is -2.36. The molecule has 1 rings (SSSR count). The number of carbonyl (C=O) groups excluding carboxylic acids is 1. The Balaban J connectivity index is 2.75. The van der Waals surface area contributed by atoms with E-state index in [0.717, 1.165) is 6.42 Å². The van der Waals surface area contributed by atoms with Crippen LogP contribution in [0.25, 0.3) is 0 Å². The Morgan fingerprint density at radius 1 is 1.14 bits per heavy atom. The van der Waals surface area contributed by atoms with Crippen molar-refractivity contribution in [2.45, 2.75) is 34.1 Å². The quantitative estimate of drug-likeness (QED) is 0.734. The van der Waals surface area contributed by atoms with Gasteiger partial charge in [0.1, 0.15) is 0 Å². The predicted molar refractivity (Wildman–Crippen MR) is 84.0 cm³/mol. The van der Waals surface area contributed by atoms with Crippen LogP contribution in [-0.2, 0) is 15.0 Å². The van der Waals surface area contributed by atoms with Crippen LogP contribution in [0.5, 0.6) is 0 Å². The molecule has 0 spiro atoms. The molecule has 21 heavy (non-hydrogen) atoms. The number of piperidine rings is 1. The zero-order valence-corrected chi connectivity index (χ0v) is 14.7. The van der Waals surface area contributed by atoms with Crippen LogP contribution in [0.4, 0.5) is 0 Å². The number of nitrogens with zero attached hydrogens (tertiary/aromatic N) is 3. The molecule has 0 aromatic carbocycles. The van der Waals surface area contributed by atoms with Crippen molar-refractivity contribution in [3.63, 3.8) is 0 Å². The number of hydrogen-bond acceptors (Lipinski definition) is 3. The SMILES string of the molecule is CCN(CC)C(=O)CN(C)S(=O)(=O)N1CC(C)CC(C)C1. The minimum absolute atomic E-state index is 0.0940. The fourth-order valence-electron chi connectivity index (χ4n) is 2.94. The van der Waals surface area contributed by atoms with E-state index in [4.69, 9.17) is 0 Å². The number of amides is 1. The lowest BCUT2D eigenvalue weighted by molar-refractivity contribution is -0.130. The summed E-state index contributed by atoms with van der Waals surface area (Å²) >= 11 is 0. The molecule has 0 aromatic rings. The van der Waals surface area contributed by atoms with E-state index in [9.17, 15) is 13.2 Å². The highest BCUT2D eigenvalue weighted by Gasteiger charge is 2.34. The summed E-state index contributed by atoms with van der Waals surface area (Å²) < 4.78 is 27.9. The molecule has 0 aromatic heterocycles. The van der Waals surface area contributed by atoms with Gasteiger partial charge in [0, 0.05) is 33.2 Å². The van der Waals surface area contributed by atoms with E-state index in [1.807, 2.05) is 13.8 Å². The third-order valence-electron chi connectivity index (χ3n) is 4.03. The molecular weight excluding hydrogens is 290 g/mol. The van der Waals surface area contributed by atoms with E-state index in [2.05, 4.69) is 13.8 Å². The van der Waals surface area contributed by atoms with Crippen LogP contribution in [-0.4, -0.2) is 67.6 Å². The Bertz CT molecular complexity index is 438. The molecule has 0 bridgehead atoms. The van der Waals surface area contributed by atoms with Crippen LogP contribution in [0.1, 0.15) is 34.1 Å². The monoisotopic (exact) mass is 319 g/mol. The first kappa shape index (κ1) is 18.4. The molecule has 124 valence electrons. The summed E-state index contributed by atoms with van der Waals surface area (Å²) in [5.74, 6) is 0.565. The van der Waals surface area contributed by atoms with Crippen molar-refractivity contribution in [2.24, 2.45) is 11.8 Å². The van der Waals surface area contributed by atoms with Gasteiger partial charge in [-0.1, -0.05) is 13.8 Å². The van der Waals surface area contributed by atoms with Gasteiger partial charge in [-0.05, 0) is 32.1 Å². The molecule has 7 heteroatoms. The van der Waals surface area contributed by atoms with Gasteiger partial charge in [0.2, 0.25) is 5.91 Å². The largest absolute Gasteiger partial charge is 0.342 e. The number of likely N-dealkylation sites (N-methyl/N-ethyl adjacent to an activating group) is 2. The second-order valence-corrected chi connectivity index (χ2v) is 8.13. The Hall–Kier alpha value is -0.660. The Kier molecular flexibility index (Phi) is 6.62. The van der Waals surface area contributed by atoms with Crippen LogP contribution in [0, 0.1) is 11.8 Å². The van der Waals surface area contributed by atoms with Gasteiger partial charge in [-0.25, -0.2) is 0 Å². The first-order valence-corrected chi connectivity index (χ1v) is 9.11. The molecule has 0 saturated carbocycles. The molecule has 1 heterocycles. The highest BCUT2D eigenvalue weighted by Crippen LogP contribution is 2.24. The maximum absolute atomic E-state index is 12.6. The smallest absolute Gasteiger partial charge is 0.282 e. The van der Waals surface area contributed by atoms with E-state index in [1.54, 1.807) is 4.90 Å². The Morgan fingerprint density at radius 3 is 2.05 bits per heavy atom. The maximum atomic E-state index is 12.6. The summed E-state index contributed by atoms with van der Waals surface area (Å²) in [6.07, 6.45) is 1.05. The molecule has 2 unspecified atom stereocenters. The van der Waals surface area contributed by atoms with Crippen LogP contribution >= 0.6 is 0 Å². The standard InChI is InChI=1S/C14H29N3O3S/c1-6-16(7-2)14(18)11-15(5)21(19,20)17-9-12(3)8-13(4)10-17/h12-13H,6-11H2,1-5H3. The van der Waals surface area contributed by atoms with E-state index < -0.39 is 10.2 Å². The second kappa shape index (κ2) is 7.56. The van der Waals surface area contributed by atoms with Gasteiger partial charge in [0.25, 0.3) is 10.2 Å². The first-order chi connectivity index (χ1) is 9.72. The van der Waals surface area contributed by atoms with Crippen LogP contribution in [0.3, 0.4) is 0 Å². The predicted octanol–water partition coefficient (Wildman–Crippen LogP) is 1.01. The van der Waals surface area contributed by atoms with Gasteiger partial charge in [-0.3, -0.25) is 4.79 Å². The van der Waals surface area contributed by atoms with Crippen molar-refractivity contribution in [2.75, 3.05) is 39.8 Å². The van der Waals surface area contributed by atoms with Crippen molar-refractivity contribution in [3.05, 3.63) is 0 Å². The van der Waals surface area contributed by atoms with E-state index in [1.165, 1.54) is 15.7 Å². The molecule has 1 saturated heterocycles. The number of hydrogen-bond donors (Lipinski definition) is 0. The van der Waals surface area contributed by atoms with Crippen molar-refractivity contribution in [1.29, 1.82) is 0 Å². The highest BCUT2D eigenvalue weighted by molar-refractivity contribution is 7.86. The van der Waals surface area contributed by atoms with E-state index >= 15 is 0 Å². The fourth-order valence-corrected chi connectivity index (χ4v) is 4.49. The van der Waals surface area contributed by atoms with Gasteiger partial charge < -0.3 is 4.90 Å². The molecule has 1 aliphatic rings. The lowest BCUT2D eigenvalue weighted by Crippen LogP contribution is -2.50. The molecule has 1 fully saturated rings. The second-order valence-electron chi connectivity index (χ2n) is 6.09. The molecule has 2 atom stereocenters. The van der Waals surface area contributed by atoms with Gasteiger partial charge in [0.05, 0.1) is 6.54 Å². The summed E-state index contributed by atoms with van der Waals surface area (Å²) in [5.41, 5.74) is 0. The zero-order chi connectivity index (χ0) is 16.2. The normalized spacial score (nSPS) is 24.3. The van der Waals surface area contributed by atoms with Crippen molar-refractivity contribution in [3.8, 4) is 0 Å². The van der Waals surface area contributed by atoms with Crippen molar-refractivity contribution >= 4 is 16.1 Å². The van der Waals surface area contributed by atoms with Gasteiger partial charge in [0.15, 0.2) is 0 Å². The van der Waals surface area contributed by atoms with Crippen LogP contribution in [0.15, 0.2) is 0 Å². The summed E-state index contributed by atoms with van der Waals surface area (Å²) in [6, 6.07) is 0. The first-order valence-electron chi connectivity index (χ1n) is 7.71. The minimum atomic E-state index is -3.55. The third kappa shape index (κ3) is 4.66. The molecular formula is C14H29N3O3S. The molecule has 1 aliphatic heterocycles. The molecule has 0 radical (unpaired) electrons. The van der Waals surface area contributed by atoms with Gasteiger partial charge in [-0.2, -0.15) is 17.0 Å². The molecule has 0 N–H and O–H groups in total. The summed E-state index contributed by atoms with van der Waals surface area (Å²) in [4.78, 5) is 13.7. The summed E-state index contributed by atoms with van der Waals surface area (Å²) in [5, 5.41) is 0. The lowest BCUT2D eigenvalue weighted by atomic mass is 9.94. The summed E-state index contributed by atoms with van der Waals surface area (Å²) in [6.45, 7) is 10.1. The number of carbonyl (C=O) groups is 1. The van der Waals surface area contributed by atoms with Gasteiger partial charge in [-0.15, -0.1) is 0 Å². The maximum Gasteiger partial charge on any atom is 0.282 e. The minimum Gasteiger partial charge on any atom is -0.342 e. The Morgan fingerprint density at radius 2 is 1.62 bits per heavy atom. The average molecular weight is 319 g/mol. The van der Waals surface area contributed by atoms with Crippen LogP contribution < -0.4 is 0 Å². The topological polar surface area (TPSA) is 60.9 Å². The fraction of sp³-hybridized carbons (Fsp3) is 0.929. The van der Waals surface area contributed by atoms with Crippen molar-refractivity contribution in [1.82, 2.24) is 13.5 Å². The van der Waals surface area contributed by atoms with E-state index in [0.29, 0.717) is 38.0 Å². The average Bonchev–Trinajstić information content (AvgIpc) is 2.38. The van der Waals surface area contributed by atoms with Crippen molar-refractivity contribution < 1.29 is 13.2 Å². The highest BCUT2D eigenvalue weighted by atomic mass is 32.2. The van der Waals surface area contributed by atoms with E-state index in [-0.39, 0.29) is 12.5 Å². The zero-order valence-electron chi connectivity index (χ0n) is 13.9. The number of rotatable bonds is 6.